The number of esters is 1. The highest BCUT2D eigenvalue weighted by molar-refractivity contribution is 9.10. The minimum Gasteiger partial charge on any atom is -0.465 e. The van der Waals surface area contributed by atoms with Gasteiger partial charge in [-0.25, -0.2) is 13.2 Å². The van der Waals surface area contributed by atoms with E-state index in [1.54, 1.807) is 38.1 Å². The summed E-state index contributed by atoms with van der Waals surface area (Å²) in [6.07, 6.45) is 0. The number of hydrogen-bond acceptors (Lipinski definition) is 5. The Morgan fingerprint density at radius 1 is 1.23 bits per heavy atom. The van der Waals surface area contributed by atoms with Crippen molar-refractivity contribution in [1.82, 2.24) is 0 Å². The first-order valence-corrected chi connectivity index (χ1v) is 9.31. The number of aryl methyl sites for hydroxylation is 2. The third-order valence-corrected chi connectivity index (χ3v) is 6.23. The number of nitrogens with one attached hydrogen (secondary N) is 1. The van der Waals surface area contributed by atoms with Crippen LogP contribution in [0.1, 0.15) is 20.8 Å². The van der Waals surface area contributed by atoms with Crippen molar-refractivity contribution in [1.29, 1.82) is 0 Å². The number of carbonyl (C=O) groups is 1. The van der Waals surface area contributed by atoms with Gasteiger partial charge in [0.2, 0.25) is 0 Å². The summed E-state index contributed by atoms with van der Waals surface area (Å²) in [5, 5.41) is 0.372. The first-order valence-electron chi connectivity index (χ1n) is 6.22. The molecule has 1 aromatic carbocycles. The maximum absolute atomic E-state index is 12.5. The fourth-order valence-electron chi connectivity index (χ4n) is 1.88. The summed E-state index contributed by atoms with van der Waals surface area (Å²) in [7, 11) is -2.44. The second kappa shape index (κ2) is 6.39. The molecular formula is C14H14BrNO4S2. The molecule has 0 bridgehead atoms. The number of methoxy groups -OCH3 is 1. The molecule has 2 rings (SSSR count). The summed E-state index contributed by atoms with van der Waals surface area (Å²) in [4.78, 5) is 12.2. The molecule has 0 amide bonds. The van der Waals surface area contributed by atoms with Gasteiger partial charge in [-0.05, 0) is 43.2 Å². The largest absolute Gasteiger partial charge is 0.465 e. The second-order valence-corrected chi connectivity index (χ2v) is 8.25. The van der Waals surface area contributed by atoms with E-state index in [0.29, 0.717) is 25.5 Å². The van der Waals surface area contributed by atoms with E-state index in [-0.39, 0.29) is 4.90 Å². The van der Waals surface area contributed by atoms with Crippen molar-refractivity contribution < 1.29 is 17.9 Å². The molecule has 0 atom stereocenters. The monoisotopic (exact) mass is 403 g/mol. The van der Waals surface area contributed by atoms with Crippen LogP contribution in [0.2, 0.25) is 0 Å². The van der Waals surface area contributed by atoms with E-state index >= 15 is 0 Å². The van der Waals surface area contributed by atoms with Gasteiger partial charge >= 0.3 is 5.97 Å². The molecule has 0 radical (unpaired) electrons. The van der Waals surface area contributed by atoms with Crippen molar-refractivity contribution in [3.8, 4) is 0 Å². The van der Waals surface area contributed by atoms with Crippen LogP contribution in [0.25, 0.3) is 0 Å². The Kier molecular flexibility index (Phi) is 4.93. The van der Waals surface area contributed by atoms with Crippen molar-refractivity contribution in [2.45, 2.75) is 18.7 Å². The van der Waals surface area contributed by atoms with Crippen LogP contribution in [0.3, 0.4) is 0 Å². The molecular weight excluding hydrogens is 390 g/mol. The van der Waals surface area contributed by atoms with Crippen molar-refractivity contribution in [3.05, 3.63) is 44.7 Å². The summed E-state index contributed by atoms with van der Waals surface area (Å²) < 4.78 is 32.8. The molecule has 0 aliphatic rings. The van der Waals surface area contributed by atoms with Gasteiger partial charge in [0.25, 0.3) is 10.0 Å². The van der Waals surface area contributed by atoms with Gasteiger partial charge in [0.15, 0.2) is 0 Å². The number of anilines is 1. The highest BCUT2D eigenvalue weighted by Gasteiger charge is 2.21. The Hall–Kier alpha value is -1.38. The number of thiophene rings is 1. The van der Waals surface area contributed by atoms with E-state index in [9.17, 15) is 13.2 Å². The minimum atomic E-state index is -3.72. The Bertz CT molecular complexity index is 827. The zero-order valence-electron chi connectivity index (χ0n) is 12.1. The molecule has 0 aliphatic heterocycles. The normalized spacial score (nSPS) is 11.3. The molecule has 5 nitrogen and oxygen atoms in total. The lowest BCUT2D eigenvalue weighted by Gasteiger charge is -2.09. The number of sulfonamides is 1. The van der Waals surface area contributed by atoms with Crippen molar-refractivity contribution in [2.75, 3.05) is 11.8 Å². The van der Waals surface area contributed by atoms with Crippen molar-refractivity contribution in [2.24, 2.45) is 0 Å². The molecule has 0 spiro atoms. The number of rotatable bonds is 4. The summed E-state index contributed by atoms with van der Waals surface area (Å²) in [6, 6.07) is 6.65. The maximum Gasteiger partial charge on any atom is 0.348 e. The summed E-state index contributed by atoms with van der Waals surface area (Å²) in [6.45, 7) is 3.45. The van der Waals surface area contributed by atoms with E-state index in [1.807, 2.05) is 0 Å². The molecule has 0 fully saturated rings. The number of benzene rings is 1. The highest BCUT2D eigenvalue weighted by atomic mass is 79.9. The van der Waals surface area contributed by atoms with E-state index in [4.69, 9.17) is 0 Å². The van der Waals surface area contributed by atoms with Gasteiger partial charge in [-0.1, -0.05) is 22.0 Å². The standard InChI is InChI=1S/C14H14BrNO4S2/c1-8-4-5-10(15)7-11(8)22(18,19)16-12-6-9(2)13(21-12)14(17)20-3/h4-7,16H,1-3H3. The van der Waals surface area contributed by atoms with Gasteiger partial charge in [-0.15, -0.1) is 11.3 Å². The quantitative estimate of drug-likeness (QED) is 0.789. The molecule has 22 heavy (non-hydrogen) atoms. The number of carbonyl (C=O) groups excluding carboxylic acids is 1. The third kappa shape index (κ3) is 3.50. The number of hydrogen-bond donors (Lipinski definition) is 1. The van der Waals surface area contributed by atoms with Crippen molar-refractivity contribution >= 4 is 48.3 Å². The summed E-state index contributed by atoms with van der Waals surface area (Å²) in [5.74, 6) is -0.480. The van der Waals surface area contributed by atoms with Gasteiger partial charge in [0.05, 0.1) is 12.0 Å². The predicted molar refractivity (Wildman–Crippen MR) is 90.1 cm³/mol. The number of halogens is 1. The Labute approximate surface area is 141 Å². The van der Waals surface area contributed by atoms with E-state index in [0.717, 1.165) is 11.3 Å². The van der Waals surface area contributed by atoms with Crippen LogP contribution in [-0.2, 0) is 14.8 Å². The zero-order valence-corrected chi connectivity index (χ0v) is 15.4. The predicted octanol–water partition coefficient (Wildman–Crippen LogP) is 3.71. The minimum absolute atomic E-state index is 0.188. The SMILES string of the molecule is COC(=O)c1sc(NS(=O)(=O)c2cc(Br)ccc2C)cc1C. The molecule has 1 aromatic heterocycles. The molecule has 0 unspecified atom stereocenters. The van der Waals surface area contributed by atoms with Gasteiger partial charge < -0.3 is 4.74 Å². The fourth-order valence-corrected chi connectivity index (χ4v) is 4.94. The third-order valence-electron chi connectivity index (χ3n) is 2.96. The van der Waals surface area contributed by atoms with Crippen molar-refractivity contribution in [3.63, 3.8) is 0 Å². The topological polar surface area (TPSA) is 72.5 Å². The smallest absolute Gasteiger partial charge is 0.348 e. The molecule has 8 heteroatoms. The first kappa shape index (κ1) is 17.0. The Morgan fingerprint density at radius 2 is 1.91 bits per heavy atom. The molecule has 2 aromatic rings. The lowest BCUT2D eigenvalue weighted by atomic mass is 10.2. The Balaban J connectivity index is 2.37. The average Bonchev–Trinajstić information content (AvgIpc) is 2.80. The lowest BCUT2D eigenvalue weighted by Crippen LogP contribution is -2.13. The van der Waals surface area contributed by atoms with Crippen LogP contribution in [0.15, 0.2) is 33.6 Å². The average molecular weight is 404 g/mol. The van der Waals surface area contributed by atoms with Crippen LogP contribution in [-0.4, -0.2) is 21.5 Å². The molecule has 0 saturated carbocycles. The molecule has 0 saturated heterocycles. The molecule has 1 heterocycles. The van der Waals surface area contributed by atoms with Gasteiger partial charge in [-0.2, -0.15) is 0 Å². The molecule has 0 aliphatic carbocycles. The van der Waals surface area contributed by atoms with E-state index in [2.05, 4.69) is 25.4 Å². The van der Waals surface area contributed by atoms with E-state index < -0.39 is 16.0 Å². The molecule has 118 valence electrons. The first-order chi connectivity index (χ1) is 10.2. The van der Waals surface area contributed by atoms with E-state index in [1.165, 1.54) is 7.11 Å². The van der Waals surface area contributed by atoms with Crippen LogP contribution in [0.5, 0.6) is 0 Å². The van der Waals surface area contributed by atoms with Crippen LogP contribution >= 0.6 is 27.3 Å². The van der Waals surface area contributed by atoms with Gasteiger partial charge in [0.1, 0.15) is 9.88 Å². The zero-order chi connectivity index (χ0) is 16.5. The van der Waals surface area contributed by atoms with Gasteiger partial charge in [0, 0.05) is 4.47 Å². The van der Waals surface area contributed by atoms with Crippen LogP contribution in [0, 0.1) is 13.8 Å². The number of ether oxygens (including phenoxy) is 1. The van der Waals surface area contributed by atoms with Crippen LogP contribution < -0.4 is 4.72 Å². The molecule has 1 N–H and O–H groups in total. The van der Waals surface area contributed by atoms with Gasteiger partial charge in [-0.3, -0.25) is 4.72 Å². The maximum atomic E-state index is 12.5. The lowest BCUT2D eigenvalue weighted by molar-refractivity contribution is 0.0605. The van der Waals surface area contributed by atoms with Crippen LogP contribution in [0.4, 0.5) is 5.00 Å². The fraction of sp³-hybridized carbons (Fsp3) is 0.214. The summed E-state index contributed by atoms with van der Waals surface area (Å²) in [5.41, 5.74) is 1.30. The second-order valence-electron chi connectivity index (χ2n) is 4.63. The summed E-state index contributed by atoms with van der Waals surface area (Å²) >= 11 is 4.31. The Morgan fingerprint density at radius 3 is 2.55 bits per heavy atom. The highest BCUT2D eigenvalue weighted by Crippen LogP contribution is 2.30.